The Labute approximate surface area is 259 Å². The number of hydrogen-bond acceptors (Lipinski definition) is 5. The van der Waals surface area contributed by atoms with E-state index in [1.165, 1.54) is 0 Å². The van der Waals surface area contributed by atoms with Crippen LogP contribution in [0.15, 0.2) is 86.0 Å². The summed E-state index contributed by atoms with van der Waals surface area (Å²) in [6, 6.07) is 18.2. The van der Waals surface area contributed by atoms with Gasteiger partial charge in [0.15, 0.2) is 0 Å². The van der Waals surface area contributed by atoms with Gasteiger partial charge in [-0.15, -0.1) is 24.9 Å². The van der Waals surface area contributed by atoms with Crippen LogP contribution < -0.4 is 0 Å². The number of likely N-dealkylation sites (tertiary alicyclic amines) is 1. The van der Waals surface area contributed by atoms with Crippen LogP contribution >= 0.6 is 11.8 Å². The first-order valence-electron chi connectivity index (χ1n) is 15.4. The number of benzene rings is 2. The van der Waals surface area contributed by atoms with Crippen LogP contribution in [0.3, 0.4) is 0 Å². The van der Waals surface area contributed by atoms with Gasteiger partial charge < -0.3 is 19.8 Å². The summed E-state index contributed by atoms with van der Waals surface area (Å²) in [6.07, 6.45) is 6.13. The molecular weight excluding hydrogens is 558 g/mol. The molecule has 3 aliphatic heterocycles. The summed E-state index contributed by atoms with van der Waals surface area (Å²) >= 11 is 1.67. The molecule has 1 N–H and O–H groups in total. The lowest BCUT2D eigenvalue weighted by atomic mass is 9.70. The summed E-state index contributed by atoms with van der Waals surface area (Å²) < 4.78 is -0.731. The lowest BCUT2D eigenvalue weighted by Gasteiger charge is -2.39. The van der Waals surface area contributed by atoms with Crippen molar-refractivity contribution in [2.45, 2.75) is 61.2 Å². The van der Waals surface area contributed by atoms with E-state index in [0.29, 0.717) is 39.0 Å². The average molecular weight is 602 g/mol. The molecule has 1 spiro atoms. The zero-order valence-corrected chi connectivity index (χ0v) is 25.8. The second-order valence-electron chi connectivity index (χ2n) is 11.9. The van der Waals surface area contributed by atoms with Crippen LogP contribution in [0.4, 0.5) is 0 Å². The Balaban J connectivity index is 1.57. The van der Waals surface area contributed by atoms with Gasteiger partial charge in [0, 0.05) is 31.4 Å². The third-order valence-electron chi connectivity index (χ3n) is 9.21. The maximum Gasteiger partial charge on any atom is 0.247 e. The van der Waals surface area contributed by atoms with Crippen LogP contribution in [0.5, 0.6) is 0 Å². The fourth-order valence-corrected chi connectivity index (χ4v) is 9.67. The zero-order chi connectivity index (χ0) is 30.6. The summed E-state index contributed by atoms with van der Waals surface area (Å²) in [5.74, 6) is -1.48. The summed E-state index contributed by atoms with van der Waals surface area (Å²) in [4.78, 5) is 48.9. The van der Waals surface area contributed by atoms with Gasteiger partial charge in [0.25, 0.3) is 0 Å². The molecule has 0 aliphatic carbocycles. The normalized spacial score (nSPS) is 26.2. The summed E-state index contributed by atoms with van der Waals surface area (Å²) in [5.41, 5.74) is 1.97. The quantitative estimate of drug-likeness (QED) is 0.327. The zero-order valence-electron chi connectivity index (χ0n) is 25.0. The van der Waals surface area contributed by atoms with Crippen molar-refractivity contribution in [3.05, 3.63) is 97.1 Å². The highest BCUT2D eigenvalue weighted by Crippen LogP contribution is 2.67. The van der Waals surface area contributed by atoms with Crippen LogP contribution in [-0.4, -0.2) is 85.8 Å². The highest BCUT2D eigenvalue weighted by atomic mass is 32.2. The SMILES string of the molecule is C=CCN(Cc1ccccc1)C(=O)C1N([C@@H](CO)Cc2ccccc2)C(=O)[C@@H]2[C@@H](C(=O)N(CC=C)CCC)[C@H]3CCC12S3. The largest absolute Gasteiger partial charge is 0.394 e. The van der Waals surface area contributed by atoms with E-state index in [1.54, 1.807) is 33.7 Å². The van der Waals surface area contributed by atoms with E-state index in [-0.39, 0.29) is 29.6 Å². The Hall–Kier alpha value is -3.36. The molecule has 2 unspecified atom stereocenters. The molecule has 2 aromatic rings. The minimum Gasteiger partial charge on any atom is -0.394 e. The lowest BCUT2D eigenvalue weighted by Crippen LogP contribution is -2.57. The third-order valence-corrected chi connectivity index (χ3v) is 11.2. The van der Waals surface area contributed by atoms with Crippen molar-refractivity contribution in [2.24, 2.45) is 11.8 Å². The van der Waals surface area contributed by atoms with Gasteiger partial charge in [0.1, 0.15) is 6.04 Å². The molecule has 0 radical (unpaired) electrons. The van der Waals surface area contributed by atoms with E-state index in [4.69, 9.17) is 0 Å². The summed E-state index contributed by atoms with van der Waals surface area (Å²) in [6.45, 7) is 11.3. The molecule has 3 fully saturated rings. The van der Waals surface area contributed by atoms with Crippen LogP contribution in [0.1, 0.15) is 37.3 Å². The van der Waals surface area contributed by atoms with Crippen molar-refractivity contribution in [1.29, 1.82) is 0 Å². The van der Waals surface area contributed by atoms with Gasteiger partial charge in [-0.25, -0.2) is 0 Å². The van der Waals surface area contributed by atoms with Crippen LogP contribution in [0, 0.1) is 11.8 Å². The summed E-state index contributed by atoms with van der Waals surface area (Å²) in [5, 5.41) is 10.7. The van der Waals surface area contributed by atoms with Crippen molar-refractivity contribution in [2.75, 3.05) is 26.2 Å². The molecule has 3 amide bonds. The highest BCUT2D eigenvalue weighted by molar-refractivity contribution is 8.02. The topological polar surface area (TPSA) is 81.2 Å². The number of aliphatic hydroxyl groups excluding tert-OH is 1. The minimum atomic E-state index is -0.790. The van der Waals surface area contributed by atoms with E-state index in [1.807, 2.05) is 72.5 Å². The van der Waals surface area contributed by atoms with Gasteiger partial charge >= 0.3 is 0 Å². The van der Waals surface area contributed by atoms with Gasteiger partial charge in [0.2, 0.25) is 17.7 Å². The number of carbonyl (C=O) groups excluding carboxylic acids is 3. The Morgan fingerprint density at radius 1 is 1.02 bits per heavy atom. The molecule has 228 valence electrons. The number of fused-ring (bicyclic) bond motifs is 1. The number of thioether (sulfide) groups is 1. The number of nitrogens with zero attached hydrogens (tertiary/aromatic N) is 3. The van der Waals surface area contributed by atoms with E-state index in [9.17, 15) is 19.5 Å². The number of amides is 3. The predicted molar refractivity (Wildman–Crippen MR) is 171 cm³/mol. The molecule has 5 rings (SSSR count). The average Bonchev–Trinajstić information content (AvgIpc) is 3.67. The first-order valence-corrected chi connectivity index (χ1v) is 16.3. The van der Waals surface area contributed by atoms with E-state index in [0.717, 1.165) is 24.0 Å². The van der Waals surface area contributed by atoms with Crippen LogP contribution in [0.25, 0.3) is 0 Å². The molecule has 8 heteroatoms. The minimum absolute atomic E-state index is 0.0215. The molecular formula is C35H43N3O4S. The van der Waals surface area contributed by atoms with Crippen LogP contribution in [0.2, 0.25) is 0 Å². The van der Waals surface area contributed by atoms with Crippen molar-refractivity contribution >= 4 is 29.5 Å². The van der Waals surface area contributed by atoms with Gasteiger partial charge in [-0.3, -0.25) is 14.4 Å². The Morgan fingerprint density at radius 3 is 2.26 bits per heavy atom. The molecule has 2 bridgehead atoms. The highest BCUT2D eigenvalue weighted by Gasteiger charge is 2.74. The molecule has 7 nitrogen and oxygen atoms in total. The lowest BCUT2D eigenvalue weighted by molar-refractivity contribution is -0.147. The predicted octanol–water partition coefficient (Wildman–Crippen LogP) is 4.32. The fourth-order valence-electron chi connectivity index (χ4n) is 7.48. The standard InChI is InChI=1S/C35H43N3O4S/c1-4-19-36(20-5-2)32(40)29-28-17-18-35(43-28)30(29)33(41)38(27(24-39)22-25-13-9-7-10-14-25)31(35)34(42)37(21-6-3)23-26-15-11-8-12-16-26/h4,6-16,27-31,39H,1,3,5,17-24H2,2H3/t27-,28-,29+,30+,31?,35?/m1/s1. The molecule has 0 saturated carbocycles. The first-order chi connectivity index (χ1) is 20.9. The Kier molecular flexibility index (Phi) is 9.77. The molecule has 6 atom stereocenters. The molecule has 0 aromatic heterocycles. The van der Waals surface area contributed by atoms with Crippen molar-refractivity contribution in [3.63, 3.8) is 0 Å². The molecule has 3 heterocycles. The smallest absolute Gasteiger partial charge is 0.247 e. The number of rotatable bonds is 14. The van der Waals surface area contributed by atoms with E-state index >= 15 is 0 Å². The first kappa shape index (κ1) is 31.1. The second kappa shape index (κ2) is 13.5. The molecule has 3 aliphatic rings. The number of carbonyl (C=O) groups is 3. The fraction of sp³-hybridized carbons (Fsp3) is 0.457. The molecule has 43 heavy (non-hydrogen) atoms. The Bertz CT molecular complexity index is 1320. The summed E-state index contributed by atoms with van der Waals surface area (Å²) in [7, 11) is 0. The monoisotopic (exact) mass is 601 g/mol. The van der Waals surface area contributed by atoms with Gasteiger partial charge in [-0.2, -0.15) is 0 Å². The van der Waals surface area contributed by atoms with Crippen molar-refractivity contribution in [3.8, 4) is 0 Å². The second-order valence-corrected chi connectivity index (χ2v) is 13.5. The molecule has 2 aromatic carbocycles. The van der Waals surface area contributed by atoms with E-state index in [2.05, 4.69) is 13.2 Å². The number of hydrogen-bond donors (Lipinski definition) is 1. The third kappa shape index (κ3) is 5.79. The molecule has 3 saturated heterocycles. The van der Waals surface area contributed by atoms with Gasteiger partial charge in [-0.1, -0.05) is 79.7 Å². The van der Waals surface area contributed by atoms with Crippen LogP contribution in [-0.2, 0) is 27.3 Å². The maximum absolute atomic E-state index is 14.8. The Morgan fingerprint density at radius 2 is 1.65 bits per heavy atom. The van der Waals surface area contributed by atoms with Crippen molar-refractivity contribution < 1.29 is 19.5 Å². The van der Waals surface area contributed by atoms with Gasteiger partial charge in [0.05, 0.1) is 29.2 Å². The van der Waals surface area contributed by atoms with E-state index < -0.39 is 28.7 Å². The number of aliphatic hydroxyl groups is 1. The van der Waals surface area contributed by atoms with Gasteiger partial charge in [-0.05, 0) is 36.8 Å². The van der Waals surface area contributed by atoms with Crippen molar-refractivity contribution in [1.82, 2.24) is 14.7 Å². The maximum atomic E-state index is 14.8.